The zero-order valence-electron chi connectivity index (χ0n) is 6.95. The van der Waals surface area contributed by atoms with E-state index in [0.717, 1.165) is 10.7 Å². The van der Waals surface area contributed by atoms with Crippen molar-refractivity contribution in [3.8, 4) is 0 Å². The SMILES string of the molecule is Cc1cc(N(N)NN)nnc1Cl.O. The summed E-state index contributed by atoms with van der Waals surface area (Å²) in [7, 11) is 0. The summed E-state index contributed by atoms with van der Waals surface area (Å²) < 4.78 is 0. The summed E-state index contributed by atoms with van der Waals surface area (Å²) in [5, 5.41) is 8.72. The van der Waals surface area contributed by atoms with Gasteiger partial charge in [0.2, 0.25) is 0 Å². The van der Waals surface area contributed by atoms with Gasteiger partial charge in [-0.1, -0.05) is 11.6 Å². The maximum atomic E-state index is 5.64. The van der Waals surface area contributed by atoms with Gasteiger partial charge in [0.1, 0.15) is 0 Å². The van der Waals surface area contributed by atoms with Crippen molar-refractivity contribution < 1.29 is 5.48 Å². The largest absolute Gasteiger partial charge is 0.412 e. The standard InChI is InChI=1S/C5H9ClN6.H2O/c1-3-2-4(12(8)11-7)9-10-5(3)6;/h2,11H,7-8H2,1H3;1H2. The number of nitrogens with two attached hydrogens (primary N) is 2. The molecule has 13 heavy (non-hydrogen) atoms. The first-order chi connectivity index (χ1) is 5.65. The van der Waals surface area contributed by atoms with Gasteiger partial charge in [-0.15, -0.1) is 10.2 Å². The highest BCUT2D eigenvalue weighted by Gasteiger charge is 2.04. The second kappa shape index (κ2) is 4.90. The lowest BCUT2D eigenvalue weighted by Crippen LogP contribution is -2.48. The van der Waals surface area contributed by atoms with Crippen LogP contribution in [0.1, 0.15) is 5.56 Å². The predicted molar refractivity (Wildman–Crippen MR) is 49.4 cm³/mol. The van der Waals surface area contributed by atoms with Crippen LogP contribution in [-0.2, 0) is 0 Å². The highest BCUT2D eigenvalue weighted by molar-refractivity contribution is 6.30. The number of nitrogens with one attached hydrogen (secondary N) is 1. The minimum atomic E-state index is 0. The molecule has 0 saturated heterocycles. The van der Waals surface area contributed by atoms with E-state index in [2.05, 4.69) is 15.7 Å². The highest BCUT2D eigenvalue weighted by atomic mass is 35.5. The van der Waals surface area contributed by atoms with Gasteiger partial charge in [0.25, 0.3) is 0 Å². The van der Waals surface area contributed by atoms with Crippen molar-refractivity contribution in [3.05, 3.63) is 16.8 Å². The Kier molecular flexibility index (Phi) is 4.52. The fourth-order valence-corrected chi connectivity index (χ4v) is 0.732. The van der Waals surface area contributed by atoms with Gasteiger partial charge in [0, 0.05) is 0 Å². The predicted octanol–water partition coefficient (Wildman–Crippen LogP) is -1.33. The van der Waals surface area contributed by atoms with Gasteiger partial charge >= 0.3 is 0 Å². The maximum Gasteiger partial charge on any atom is 0.182 e. The molecule has 74 valence electrons. The van der Waals surface area contributed by atoms with Gasteiger partial charge < -0.3 is 5.48 Å². The summed E-state index contributed by atoms with van der Waals surface area (Å²) in [4.78, 5) is 0. The van der Waals surface area contributed by atoms with E-state index in [4.69, 9.17) is 23.3 Å². The average Bonchev–Trinajstić information content (AvgIpc) is 2.08. The van der Waals surface area contributed by atoms with E-state index < -0.39 is 0 Å². The Bertz CT molecular complexity index is 282. The van der Waals surface area contributed by atoms with Crippen molar-refractivity contribution in [2.75, 3.05) is 5.12 Å². The van der Waals surface area contributed by atoms with Crippen molar-refractivity contribution in [1.82, 2.24) is 15.7 Å². The molecule has 0 aliphatic carbocycles. The fraction of sp³-hybridized carbons (Fsp3) is 0.200. The zero-order chi connectivity index (χ0) is 9.14. The lowest BCUT2D eigenvalue weighted by Gasteiger charge is -2.14. The molecule has 0 saturated carbocycles. The van der Waals surface area contributed by atoms with Gasteiger partial charge in [-0.3, -0.25) is 5.84 Å². The summed E-state index contributed by atoms with van der Waals surface area (Å²) in [5.41, 5.74) is 2.98. The molecular formula is C5H11ClN6O. The Labute approximate surface area is 79.9 Å². The Morgan fingerprint density at radius 3 is 2.62 bits per heavy atom. The number of aromatic nitrogens is 2. The molecule has 0 aliphatic heterocycles. The molecule has 0 radical (unpaired) electrons. The quantitative estimate of drug-likeness (QED) is 0.407. The summed E-state index contributed by atoms with van der Waals surface area (Å²) in [5.74, 6) is 10.8. The Morgan fingerprint density at radius 2 is 2.15 bits per heavy atom. The monoisotopic (exact) mass is 206 g/mol. The van der Waals surface area contributed by atoms with Crippen LogP contribution in [0, 0.1) is 6.92 Å². The Hall–Kier alpha value is -0.990. The number of hydrazine groups is 3. The molecule has 0 aliphatic rings. The van der Waals surface area contributed by atoms with Crippen LogP contribution in [-0.4, -0.2) is 15.7 Å². The number of halogens is 1. The first-order valence-corrected chi connectivity index (χ1v) is 3.54. The molecule has 1 aromatic rings. The molecule has 0 aromatic carbocycles. The number of anilines is 1. The third kappa shape index (κ3) is 2.76. The second-order valence-electron chi connectivity index (χ2n) is 2.18. The molecule has 8 heteroatoms. The Balaban J connectivity index is 0.00000144. The summed E-state index contributed by atoms with van der Waals surface area (Å²) in [6, 6.07) is 1.66. The van der Waals surface area contributed by atoms with Crippen molar-refractivity contribution in [1.29, 1.82) is 0 Å². The molecule has 0 spiro atoms. The maximum absolute atomic E-state index is 5.64. The Morgan fingerprint density at radius 1 is 1.54 bits per heavy atom. The molecule has 1 aromatic heterocycles. The zero-order valence-corrected chi connectivity index (χ0v) is 7.71. The summed E-state index contributed by atoms with van der Waals surface area (Å²) in [6.45, 7) is 1.80. The average molecular weight is 207 g/mol. The number of hydrogen-bond donors (Lipinski definition) is 3. The molecule has 1 rings (SSSR count). The minimum Gasteiger partial charge on any atom is -0.412 e. The molecule has 0 amide bonds. The van der Waals surface area contributed by atoms with Crippen LogP contribution < -0.4 is 22.3 Å². The van der Waals surface area contributed by atoms with E-state index in [9.17, 15) is 0 Å². The van der Waals surface area contributed by atoms with Gasteiger partial charge in [0.15, 0.2) is 11.0 Å². The third-order valence-corrected chi connectivity index (χ3v) is 1.67. The summed E-state index contributed by atoms with van der Waals surface area (Å²) >= 11 is 5.64. The smallest absolute Gasteiger partial charge is 0.182 e. The van der Waals surface area contributed by atoms with Gasteiger partial charge in [-0.05, 0) is 18.6 Å². The molecule has 0 atom stereocenters. The normalized spacial score (nSPS) is 9.23. The lowest BCUT2D eigenvalue weighted by molar-refractivity contribution is 0.660. The van der Waals surface area contributed by atoms with E-state index in [-0.39, 0.29) is 5.48 Å². The van der Waals surface area contributed by atoms with Crippen molar-refractivity contribution in [2.45, 2.75) is 6.92 Å². The first-order valence-electron chi connectivity index (χ1n) is 3.16. The van der Waals surface area contributed by atoms with Crippen LogP contribution in [0.15, 0.2) is 6.07 Å². The topological polar surface area (TPSA) is 125 Å². The van der Waals surface area contributed by atoms with Crippen molar-refractivity contribution >= 4 is 17.4 Å². The van der Waals surface area contributed by atoms with Crippen molar-refractivity contribution in [2.24, 2.45) is 11.7 Å². The molecule has 0 fully saturated rings. The fourth-order valence-electron chi connectivity index (χ4n) is 0.640. The number of hydrogen-bond acceptors (Lipinski definition) is 6. The second-order valence-corrected chi connectivity index (χ2v) is 2.53. The molecule has 0 unspecified atom stereocenters. The first kappa shape index (κ1) is 12.0. The van der Waals surface area contributed by atoms with Crippen LogP contribution in [0.3, 0.4) is 0 Å². The molecular weight excluding hydrogens is 196 g/mol. The van der Waals surface area contributed by atoms with Gasteiger partial charge in [0.05, 0.1) is 0 Å². The third-order valence-electron chi connectivity index (χ3n) is 1.30. The van der Waals surface area contributed by atoms with Gasteiger partial charge in [-0.2, -0.15) is 5.53 Å². The van der Waals surface area contributed by atoms with E-state index in [1.54, 1.807) is 13.0 Å². The van der Waals surface area contributed by atoms with Gasteiger partial charge in [-0.25, -0.2) is 11.0 Å². The molecule has 0 bridgehead atoms. The van der Waals surface area contributed by atoms with Crippen LogP contribution in [0.5, 0.6) is 0 Å². The minimum absolute atomic E-state index is 0. The van der Waals surface area contributed by atoms with E-state index >= 15 is 0 Å². The molecule has 7 nitrogen and oxygen atoms in total. The van der Waals surface area contributed by atoms with Crippen LogP contribution in [0.4, 0.5) is 5.82 Å². The number of nitrogens with zero attached hydrogens (tertiary/aromatic N) is 3. The number of aryl methyl sites for hydroxylation is 1. The van der Waals surface area contributed by atoms with Crippen molar-refractivity contribution in [3.63, 3.8) is 0 Å². The summed E-state index contributed by atoms with van der Waals surface area (Å²) in [6.07, 6.45) is 0. The molecule has 7 N–H and O–H groups in total. The van der Waals surface area contributed by atoms with E-state index in [0.29, 0.717) is 11.0 Å². The van der Waals surface area contributed by atoms with E-state index in [1.807, 2.05) is 0 Å². The lowest BCUT2D eigenvalue weighted by atomic mass is 10.3. The highest BCUT2D eigenvalue weighted by Crippen LogP contribution is 2.13. The van der Waals surface area contributed by atoms with Crippen LogP contribution >= 0.6 is 11.6 Å². The number of rotatable bonds is 2. The molecule has 1 heterocycles. The van der Waals surface area contributed by atoms with Crippen LogP contribution in [0.2, 0.25) is 5.15 Å². The van der Waals surface area contributed by atoms with E-state index in [1.165, 1.54) is 0 Å². The van der Waals surface area contributed by atoms with Crippen LogP contribution in [0.25, 0.3) is 0 Å².